The van der Waals surface area contributed by atoms with E-state index in [1.807, 2.05) is 0 Å². The predicted molar refractivity (Wildman–Crippen MR) is 66.6 cm³/mol. The SMILES string of the molecule is CCCCCN(C)CC1(CO)CCCOC1. The van der Waals surface area contributed by atoms with Crippen molar-refractivity contribution in [2.24, 2.45) is 5.41 Å². The minimum absolute atomic E-state index is 0.000779. The third-order valence-corrected chi connectivity index (χ3v) is 3.49. The number of unbranched alkanes of at least 4 members (excludes halogenated alkanes) is 2. The van der Waals surface area contributed by atoms with Gasteiger partial charge in [0.25, 0.3) is 0 Å². The fourth-order valence-electron chi connectivity index (χ4n) is 2.49. The number of ether oxygens (including phenoxy) is 1. The minimum atomic E-state index is -0.000779. The van der Waals surface area contributed by atoms with Gasteiger partial charge in [-0.05, 0) is 32.9 Å². The summed E-state index contributed by atoms with van der Waals surface area (Å²) in [6, 6.07) is 0. The summed E-state index contributed by atoms with van der Waals surface area (Å²) in [5.74, 6) is 0. The zero-order valence-electron chi connectivity index (χ0n) is 10.9. The first-order valence-electron chi connectivity index (χ1n) is 6.59. The van der Waals surface area contributed by atoms with E-state index in [1.165, 1.54) is 19.3 Å². The van der Waals surface area contributed by atoms with E-state index in [1.54, 1.807) is 0 Å². The lowest BCUT2D eigenvalue weighted by Gasteiger charge is -2.38. The molecule has 0 aromatic carbocycles. The van der Waals surface area contributed by atoms with Crippen LogP contribution in [0, 0.1) is 5.41 Å². The van der Waals surface area contributed by atoms with Gasteiger partial charge in [-0.2, -0.15) is 0 Å². The Balaban J connectivity index is 2.30. The molecule has 0 aromatic heterocycles. The van der Waals surface area contributed by atoms with Gasteiger partial charge in [-0.25, -0.2) is 0 Å². The minimum Gasteiger partial charge on any atom is -0.396 e. The Hall–Kier alpha value is -0.120. The molecule has 1 N–H and O–H groups in total. The first kappa shape index (κ1) is 13.9. The summed E-state index contributed by atoms with van der Waals surface area (Å²) in [7, 11) is 2.15. The molecular weight excluding hydrogens is 202 g/mol. The molecule has 16 heavy (non-hydrogen) atoms. The molecule has 0 aliphatic carbocycles. The number of rotatable bonds is 7. The highest BCUT2D eigenvalue weighted by Crippen LogP contribution is 2.28. The summed E-state index contributed by atoms with van der Waals surface area (Å²) in [6.07, 6.45) is 6.01. The third-order valence-electron chi connectivity index (χ3n) is 3.49. The zero-order valence-corrected chi connectivity index (χ0v) is 10.9. The molecule has 1 fully saturated rings. The maximum absolute atomic E-state index is 9.56. The molecule has 0 bridgehead atoms. The number of hydrogen-bond donors (Lipinski definition) is 1. The van der Waals surface area contributed by atoms with Gasteiger partial charge in [-0.15, -0.1) is 0 Å². The maximum atomic E-state index is 9.56. The second kappa shape index (κ2) is 7.25. The highest BCUT2D eigenvalue weighted by Gasteiger charge is 2.33. The number of aliphatic hydroxyl groups is 1. The van der Waals surface area contributed by atoms with Crippen LogP contribution in [0.2, 0.25) is 0 Å². The average Bonchev–Trinajstić information content (AvgIpc) is 2.30. The Labute approximate surface area is 99.8 Å². The van der Waals surface area contributed by atoms with Crippen LogP contribution in [0.15, 0.2) is 0 Å². The fraction of sp³-hybridized carbons (Fsp3) is 1.00. The summed E-state index contributed by atoms with van der Waals surface area (Å²) >= 11 is 0. The molecule has 3 heteroatoms. The van der Waals surface area contributed by atoms with Crippen LogP contribution in [0.5, 0.6) is 0 Å². The normalized spacial score (nSPS) is 26.2. The molecule has 1 heterocycles. The molecule has 1 saturated heterocycles. The van der Waals surface area contributed by atoms with E-state index in [2.05, 4.69) is 18.9 Å². The summed E-state index contributed by atoms with van der Waals surface area (Å²) in [4.78, 5) is 2.35. The van der Waals surface area contributed by atoms with Crippen molar-refractivity contribution in [1.82, 2.24) is 4.90 Å². The predicted octanol–water partition coefficient (Wildman–Crippen LogP) is 1.90. The highest BCUT2D eigenvalue weighted by atomic mass is 16.5. The molecular formula is C13H27NO2. The van der Waals surface area contributed by atoms with E-state index in [9.17, 15) is 5.11 Å². The lowest BCUT2D eigenvalue weighted by molar-refractivity contribution is -0.0523. The first-order chi connectivity index (χ1) is 7.72. The van der Waals surface area contributed by atoms with Crippen molar-refractivity contribution in [2.45, 2.75) is 39.0 Å². The van der Waals surface area contributed by atoms with Crippen LogP contribution in [-0.4, -0.2) is 50.0 Å². The second-order valence-electron chi connectivity index (χ2n) is 5.26. The molecule has 0 spiro atoms. The monoisotopic (exact) mass is 229 g/mol. The van der Waals surface area contributed by atoms with Gasteiger partial charge in [0.15, 0.2) is 0 Å². The Morgan fingerprint density at radius 1 is 1.38 bits per heavy atom. The van der Waals surface area contributed by atoms with Crippen LogP contribution >= 0.6 is 0 Å². The van der Waals surface area contributed by atoms with Gasteiger partial charge < -0.3 is 14.7 Å². The smallest absolute Gasteiger partial charge is 0.0556 e. The summed E-state index contributed by atoms with van der Waals surface area (Å²) in [5.41, 5.74) is -0.000779. The van der Waals surface area contributed by atoms with E-state index < -0.39 is 0 Å². The molecule has 0 amide bonds. The second-order valence-corrected chi connectivity index (χ2v) is 5.26. The van der Waals surface area contributed by atoms with Crippen LogP contribution in [-0.2, 0) is 4.74 Å². The largest absolute Gasteiger partial charge is 0.396 e. The van der Waals surface area contributed by atoms with Crippen molar-refractivity contribution in [2.75, 3.05) is 40.0 Å². The molecule has 0 saturated carbocycles. The fourth-order valence-corrected chi connectivity index (χ4v) is 2.49. The van der Waals surface area contributed by atoms with Crippen LogP contribution < -0.4 is 0 Å². The number of hydrogen-bond acceptors (Lipinski definition) is 3. The summed E-state index contributed by atoms with van der Waals surface area (Å²) in [5, 5.41) is 9.56. The lowest BCUT2D eigenvalue weighted by atomic mass is 9.83. The number of aliphatic hydroxyl groups excluding tert-OH is 1. The van der Waals surface area contributed by atoms with Gasteiger partial charge in [-0.3, -0.25) is 0 Å². The van der Waals surface area contributed by atoms with Crippen molar-refractivity contribution >= 4 is 0 Å². The summed E-state index contributed by atoms with van der Waals surface area (Å²) < 4.78 is 5.52. The van der Waals surface area contributed by atoms with Gasteiger partial charge in [0.2, 0.25) is 0 Å². The topological polar surface area (TPSA) is 32.7 Å². The Kier molecular flexibility index (Phi) is 6.32. The molecule has 1 aliphatic rings. The molecule has 1 unspecified atom stereocenters. The zero-order chi connectivity index (χ0) is 11.9. The van der Waals surface area contributed by atoms with Crippen molar-refractivity contribution in [3.63, 3.8) is 0 Å². The third kappa shape index (κ3) is 4.40. The Morgan fingerprint density at radius 3 is 2.75 bits per heavy atom. The average molecular weight is 229 g/mol. The van der Waals surface area contributed by atoms with Gasteiger partial charge in [0, 0.05) is 18.6 Å². The van der Waals surface area contributed by atoms with Crippen molar-refractivity contribution in [3.8, 4) is 0 Å². The summed E-state index contributed by atoms with van der Waals surface area (Å²) in [6.45, 7) is 6.17. The van der Waals surface area contributed by atoms with Crippen molar-refractivity contribution < 1.29 is 9.84 Å². The van der Waals surface area contributed by atoms with Gasteiger partial charge >= 0.3 is 0 Å². The van der Waals surface area contributed by atoms with Crippen molar-refractivity contribution in [1.29, 1.82) is 0 Å². The Morgan fingerprint density at radius 2 is 2.19 bits per heavy atom. The molecule has 96 valence electrons. The van der Waals surface area contributed by atoms with Crippen LogP contribution in [0.3, 0.4) is 0 Å². The molecule has 0 radical (unpaired) electrons. The Bertz CT molecular complexity index is 179. The molecule has 0 aromatic rings. The quantitative estimate of drug-likeness (QED) is 0.677. The molecule has 1 aliphatic heterocycles. The van der Waals surface area contributed by atoms with Crippen LogP contribution in [0.1, 0.15) is 39.0 Å². The first-order valence-corrected chi connectivity index (χ1v) is 6.59. The standard InChI is InChI=1S/C13H27NO2/c1-3-4-5-8-14(2)10-13(11-15)7-6-9-16-12-13/h15H,3-12H2,1-2H3. The van der Waals surface area contributed by atoms with Gasteiger partial charge in [0.1, 0.15) is 0 Å². The lowest BCUT2D eigenvalue weighted by Crippen LogP contribution is -2.44. The van der Waals surface area contributed by atoms with Crippen molar-refractivity contribution in [3.05, 3.63) is 0 Å². The van der Waals surface area contributed by atoms with E-state index in [0.29, 0.717) is 0 Å². The van der Waals surface area contributed by atoms with E-state index in [4.69, 9.17) is 4.74 Å². The molecule has 3 nitrogen and oxygen atoms in total. The highest BCUT2D eigenvalue weighted by molar-refractivity contribution is 4.83. The van der Waals surface area contributed by atoms with E-state index >= 15 is 0 Å². The molecule has 1 rings (SSSR count). The van der Waals surface area contributed by atoms with E-state index in [-0.39, 0.29) is 12.0 Å². The van der Waals surface area contributed by atoms with Crippen LogP contribution in [0.4, 0.5) is 0 Å². The van der Waals surface area contributed by atoms with Gasteiger partial charge in [0.05, 0.1) is 13.2 Å². The van der Waals surface area contributed by atoms with E-state index in [0.717, 1.165) is 39.1 Å². The van der Waals surface area contributed by atoms with Crippen LogP contribution in [0.25, 0.3) is 0 Å². The van der Waals surface area contributed by atoms with Gasteiger partial charge in [-0.1, -0.05) is 19.8 Å². The number of nitrogens with zero attached hydrogens (tertiary/aromatic N) is 1. The maximum Gasteiger partial charge on any atom is 0.0556 e. The molecule has 1 atom stereocenters.